The second-order valence-electron chi connectivity index (χ2n) is 4.87. The smallest absolute Gasteiger partial charge is 0.258 e. The number of hydrogen-bond donors (Lipinski definition) is 1. The van der Waals surface area contributed by atoms with Gasteiger partial charge in [0.1, 0.15) is 5.75 Å². The van der Waals surface area contributed by atoms with Crippen LogP contribution in [-0.2, 0) is 0 Å². The summed E-state index contributed by atoms with van der Waals surface area (Å²) in [6, 6.07) is 8.73. The van der Waals surface area contributed by atoms with Crippen molar-refractivity contribution in [2.45, 2.75) is 33.1 Å². The molecule has 112 valence electrons. The molecular formula is C16H20N2O3. The lowest BCUT2D eigenvalue weighted by molar-refractivity contribution is 0.102. The van der Waals surface area contributed by atoms with E-state index in [1.165, 1.54) is 6.42 Å². The molecule has 0 saturated heterocycles. The van der Waals surface area contributed by atoms with Crippen LogP contribution < -0.4 is 10.1 Å². The van der Waals surface area contributed by atoms with E-state index in [1.807, 2.05) is 0 Å². The van der Waals surface area contributed by atoms with Gasteiger partial charge in [-0.3, -0.25) is 10.1 Å². The summed E-state index contributed by atoms with van der Waals surface area (Å²) in [7, 11) is 0. The molecule has 0 bridgehead atoms. The van der Waals surface area contributed by atoms with Gasteiger partial charge < -0.3 is 9.26 Å². The summed E-state index contributed by atoms with van der Waals surface area (Å²) < 4.78 is 10.6. The Hall–Kier alpha value is -2.30. The second kappa shape index (κ2) is 7.47. The van der Waals surface area contributed by atoms with Gasteiger partial charge in [0.2, 0.25) is 5.88 Å². The van der Waals surface area contributed by atoms with Crippen molar-refractivity contribution in [3.05, 3.63) is 41.6 Å². The highest BCUT2D eigenvalue weighted by Gasteiger charge is 2.09. The molecule has 0 aliphatic rings. The SMILES string of the molecule is CCCCCOc1ccc(C(=O)Nc2cc(C)no2)cc1. The average molecular weight is 288 g/mol. The molecule has 0 fully saturated rings. The van der Waals surface area contributed by atoms with E-state index in [0.29, 0.717) is 18.1 Å². The lowest BCUT2D eigenvalue weighted by atomic mass is 10.2. The number of ether oxygens (including phenoxy) is 1. The normalized spacial score (nSPS) is 10.4. The predicted octanol–water partition coefficient (Wildman–Crippen LogP) is 3.80. The fourth-order valence-corrected chi connectivity index (χ4v) is 1.85. The molecular weight excluding hydrogens is 268 g/mol. The first kappa shape index (κ1) is 15.1. The van der Waals surface area contributed by atoms with E-state index in [1.54, 1.807) is 37.3 Å². The van der Waals surface area contributed by atoms with Crippen LogP contribution in [0.1, 0.15) is 42.2 Å². The molecule has 1 N–H and O–H groups in total. The Labute approximate surface area is 124 Å². The number of nitrogens with one attached hydrogen (secondary N) is 1. The van der Waals surface area contributed by atoms with E-state index < -0.39 is 0 Å². The second-order valence-corrected chi connectivity index (χ2v) is 4.87. The van der Waals surface area contributed by atoms with Crippen LogP contribution in [0.25, 0.3) is 0 Å². The van der Waals surface area contributed by atoms with E-state index >= 15 is 0 Å². The van der Waals surface area contributed by atoms with Crippen LogP contribution in [0.3, 0.4) is 0 Å². The average Bonchev–Trinajstić information content (AvgIpc) is 2.89. The van der Waals surface area contributed by atoms with Crippen LogP contribution in [0.4, 0.5) is 5.88 Å². The summed E-state index contributed by atoms with van der Waals surface area (Å²) in [5.41, 5.74) is 1.27. The first-order chi connectivity index (χ1) is 10.2. The minimum atomic E-state index is -0.233. The van der Waals surface area contributed by atoms with Crippen molar-refractivity contribution < 1.29 is 14.1 Å². The van der Waals surface area contributed by atoms with Gasteiger partial charge in [0.05, 0.1) is 12.3 Å². The van der Waals surface area contributed by atoms with E-state index in [-0.39, 0.29) is 5.91 Å². The van der Waals surface area contributed by atoms with Gasteiger partial charge in [0, 0.05) is 11.6 Å². The molecule has 0 atom stereocenters. The number of aryl methyl sites for hydroxylation is 1. The molecule has 0 radical (unpaired) electrons. The Kier molecular flexibility index (Phi) is 5.37. The molecule has 1 amide bonds. The van der Waals surface area contributed by atoms with E-state index in [9.17, 15) is 4.79 Å². The summed E-state index contributed by atoms with van der Waals surface area (Å²) in [4.78, 5) is 12.0. The maximum Gasteiger partial charge on any atom is 0.258 e. The molecule has 2 rings (SSSR count). The van der Waals surface area contributed by atoms with Gasteiger partial charge in [0.25, 0.3) is 5.91 Å². The highest BCUT2D eigenvalue weighted by Crippen LogP contribution is 2.15. The summed E-state index contributed by atoms with van der Waals surface area (Å²) >= 11 is 0. The minimum Gasteiger partial charge on any atom is -0.494 e. The Morgan fingerprint density at radius 1 is 1.29 bits per heavy atom. The van der Waals surface area contributed by atoms with Crippen molar-refractivity contribution in [1.82, 2.24) is 5.16 Å². The standard InChI is InChI=1S/C16H20N2O3/c1-3-4-5-10-20-14-8-6-13(7-9-14)16(19)17-15-11-12(2)18-21-15/h6-9,11H,3-5,10H2,1-2H3,(H,17,19). The van der Waals surface area contributed by atoms with Gasteiger partial charge in [-0.25, -0.2) is 0 Å². The van der Waals surface area contributed by atoms with Gasteiger partial charge in [-0.15, -0.1) is 0 Å². The largest absolute Gasteiger partial charge is 0.494 e. The number of unbranched alkanes of at least 4 members (excludes halogenated alkanes) is 2. The topological polar surface area (TPSA) is 64.4 Å². The van der Waals surface area contributed by atoms with Crippen molar-refractivity contribution in [3.8, 4) is 5.75 Å². The first-order valence-corrected chi connectivity index (χ1v) is 7.16. The van der Waals surface area contributed by atoms with Crippen molar-refractivity contribution in [1.29, 1.82) is 0 Å². The number of carbonyl (C=O) groups excluding carboxylic acids is 1. The molecule has 0 spiro atoms. The van der Waals surface area contributed by atoms with E-state index in [4.69, 9.17) is 9.26 Å². The Morgan fingerprint density at radius 3 is 2.67 bits per heavy atom. The van der Waals surface area contributed by atoms with Crippen LogP contribution in [-0.4, -0.2) is 17.7 Å². The van der Waals surface area contributed by atoms with Crippen LogP contribution in [0.15, 0.2) is 34.9 Å². The van der Waals surface area contributed by atoms with Crippen LogP contribution in [0.2, 0.25) is 0 Å². The number of hydrogen-bond acceptors (Lipinski definition) is 4. The molecule has 1 aromatic carbocycles. The molecule has 1 aromatic heterocycles. The highest BCUT2D eigenvalue weighted by molar-refractivity contribution is 6.03. The maximum absolute atomic E-state index is 12.0. The number of rotatable bonds is 7. The van der Waals surface area contributed by atoms with Crippen LogP contribution >= 0.6 is 0 Å². The van der Waals surface area contributed by atoms with Gasteiger partial charge in [0.15, 0.2) is 0 Å². The lowest BCUT2D eigenvalue weighted by Gasteiger charge is -2.06. The number of benzene rings is 1. The van der Waals surface area contributed by atoms with Gasteiger partial charge in [-0.05, 0) is 37.6 Å². The quantitative estimate of drug-likeness (QED) is 0.787. The fraction of sp³-hybridized carbons (Fsp3) is 0.375. The fourth-order valence-electron chi connectivity index (χ4n) is 1.85. The molecule has 5 heteroatoms. The molecule has 0 aliphatic carbocycles. The minimum absolute atomic E-state index is 0.233. The zero-order valence-electron chi connectivity index (χ0n) is 12.4. The summed E-state index contributed by atoms with van der Waals surface area (Å²) in [6.07, 6.45) is 3.38. The molecule has 2 aromatic rings. The number of amides is 1. The number of carbonyl (C=O) groups is 1. The van der Waals surface area contributed by atoms with Crippen molar-refractivity contribution >= 4 is 11.8 Å². The van der Waals surface area contributed by atoms with E-state index in [0.717, 1.165) is 24.3 Å². The Bertz CT molecular complexity index is 575. The molecule has 0 saturated carbocycles. The maximum atomic E-state index is 12.0. The monoisotopic (exact) mass is 288 g/mol. The number of anilines is 1. The van der Waals surface area contributed by atoms with Crippen LogP contribution in [0, 0.1) is 6.92 Å². The highest BCUT2D eigenvalue weighted by atomic mass is 16.5. The third-order valence-corrected chi connectivity index (χ3v) is 3.00. The number of aromatic nitrogens is 1. The van der Waals surface area contributed by atoms with Crippen molar-refractivity contribution in [2.24, 2.45) is 0 Å². The van der Waals surface area contributed by atoms with Crippen molar-refractivity contribution in [2.75, 3.05) is 11.9 Å². The molecule has 1 heterocycles. The predicted molar refractivity (Wildman–Crippen MR) is 80.7 cm³/mol. The van der Waals surface area contributed by atoms with E-state index in [2.05, 4.69) is 17.4 Å². The molecule has 21 heavy (non-hydrogen) atoms. The van der Waals surface area contributed by atoms with Gasteiger partial charge >= 0.3 is 0 Å². The van der Waals surface area contributed by atoms with Crippen LogP contribution in [0.5, 0.6) is 5.75 Å². The zero-order chi connectivity index (χ0) is 15.1. The zero-order valence-corrected chi connectivity index (χ0v) is 12.4. The summed E-state index contributed by atoms with van der Waals surface area (Å²) in [6.45, 7) is 4.66. The number of nitrogens with zero attached hydrogens (tertiary/aromatic N) is 1. The van der Waals surface area contributed by atoms with Gasteiger partial charge in [-0.2, -0.15) is 0 Å². The third kappa shape index (κ3) is 4.63. The summed E-state index contributed by atoms with van der Waals surface area (Å²) in [5, 5.41) is 6.37. The molecule has 0 unspecified atom stereocenters. The lowest BCUT2D eigenvalue weighted by Crippen LogP contribution is -2.11. The van der Waals surface area contributed by atoms with Gasteiger partial charge in [-0.1, -0.05) is 24.9 Å². The molecule has 0 aliphatic heterocycles. The first-order valence-electron chi connectivity index (χ1n) is 7.16. The van der Waals surface area contributed by atoms with Crippen molar-refractivity contribution in [3.63, 3.8) is 0 Å². The summed E-state index contributed by atoms with van der Waals surface area (Å²) in [5.74, 6) is 0.888. The molecule has 5 nitrogen and oxygen atoms in total. The Morgan fingerprint density at radius 2 is 2.05 bits per heavy atom. The third-order valence-electron chi connectivity index (χ3n) is 3.00. The Balaban J connectivity index is 1.87.